The third kappa shape index (κ3) is 1.69. The highest BCUT2D eigenvalue weighted by molar-refractivity contribution is 5.86. The molecule has 0 aromatic heterocycles. The van der Waals surface area contributed by atoms with E-state index in [2.05, 4.69) is 5.32 Å². The Morgan fingerprint density at radius 1 is 1.47 bits per heavy atom. The third-order valence-corrected chi connectivity index (χ3v) is 3.73. The number of ether oxygens (including phenoxy) is 1. The smallest absolute Gasteiger partial charge is 0.228 e. The molecule has 0 radical (unpaired) electrons. The van der Waals surface area contributed by atoms with Crippen LogP contribution in [-0.4, -0.2) is 19.1 Å². The van der Waals surface area contributed by atoms with Gasteiger partial charge in [-0.1, -0.05) is 18.2 Å². The van der Waals surface area contributed by atoms with E-state index in [0.717, 1.165) is 24.2 Å². The molecule has 3 N–H and O–H groups in total. The molecule has 4 heteroatoms. The van der Waals surface area contributed by atoms with Gasteiger partial charge in [0.15, 0.2) is 0 Å². The normalized spacial score (nSPS) is 23.7. The van der Waals surface area contributed by atoms with Crippen molar-refractivity contribution < 1.29 is 9.53 Å². The molecule has 90 valence electrons. The molecule has 1 heterocycles. The number of para-hydroxylation sites is 1. The number of carbonyl (C=O) groups is 1. The number of carbonyl (C=O) groups excluding carboxylic acids is 1. The van der Waals surface area contributed by atoms with Crippen LogP contribution in [0.5, 0.6) is 5.75 Å². The van der Waals surface area contributed by atoms with Gasteiger partial charge < -0.3 is 15.8 Å². The minimum Gasteiger partial charge on any atom is -0.491 e. The van der Waals surface area contributed by atoms with Crippen LogP contribution in [0.3, 0.4) is 0 Å². The monoisotopic (exact) mass is 232 g/mol. The Morgan fingerprint density at radius 2 is 2.24 bits per heavy atom. The minimum absolute atomic E-state index is 0.0253. The summed E-state index contributed by atoms with van der Waals surface area (Å²) in [5.74, 6) is 0.945. The molecule has 4 nitrogen and oxygen atoms in total. The lowest BCUT2D eigenvalue weighted by molar-refractivity contribution is -0.126. The molecule has 1 fully saturated rings. The van der Waals surface area contributed by atoms with Gasteiger partial charge in [0.25, 0.3) is 0 Å². The van der Waals surface area contributed by atoms with Crippen molar-refractivity contribution in [2.45, 2.75) is 18.9 Å². The maximum Gasteiger partial charge on any atom is 0.228 e. The Morgan fingerprint density at radius 3 is 2.94 bits per heavy atom. The van der Waals surface area contributed by atoms with Gasteiger partial charge in [-0.3, -0.25) is 4.79 Å². The van der Waals surface area contributed by atoms with E-state index in [1.165, 1.54) is 0 Å². The van der Waals surface area contributed by atoms with Crippen molar-refractivity contribution in [3.8, 4) is 5.75 Å². The van der Waals surface area contributed by atoms with Crippen LogP contribution in [0.1, 0.15) is 24.4 Å². The molecule has 1 aromatic rings. The number of fused-ring (bicyclic) bond motifs is 1. The Balaban J connectivity index is 1.74. The quantitative estimate of drug-likeness (QED) is 0.816. The first-order valence-electron chi connectivity index (χ1n) is 5.98. The minimum atomic E-state index is -0.294. The summed E-state index contributed by atoms with van der Waals surface area (Å²) in [5, 5.41) is 3.04. The fourth-order valence-electron chi connectivity index (χ4n) is 2.27. The first-order chi connectivity index (χ1) is 8.25. The van der Waals surface area contributed by atoms with Crippen LogP contribution >= 0.6 is 0 Å². The maximum atomic E-state index is 12.1. The summed E-state index contributed by atoms with van der Waals surface area (Å²) < 4.78 is 5.53. The summed E-state index contributed by atoms with van der Waals surface area (Å²) in [4.78, 5) is 12.1. The van der Waals surface area contributed by atoms with Crippen LogP contribution in [0.15, 0.2) is 24.3 Å². The van der Waals surface area contributed by atoms with E-state index >= 15 is 0 Å². The van der Waals surface area contributed by atoms with Crippen LogP contribution in [0.4, 0.5) is 0 Å². The molecule has 3 rings (SSSR count). The molecule has 0 bridgehead atoms. The maximum absolute atomic E-state index is 12.1. The number of nitrogens with two attached hydrogens (primary N) is 1. The molecule has 0 saturated heterocycles. The lowest BCUT2D eigenvalue weighted by atomic mass is 10.0. The average molecular weight is 232 g/mol. The van der Waals surface area contributed by atoms with Gasteiger partial charge in [0.2, 0.25) is 5.91 Å². The fourth-order valence-corrected chi connectivity index (χ4v) is 2.27. The lowest BCUT2D eigenvalue weighted by Crippen LogP contribution is -2.39. The van der Waals surface area contributed by atoms with Crippen LogP contribution < -0.4 is 15.8 Å². The number of hydrogen-bond acceptors (Lipinski definition) is 3. The zero-order valence-electron chi connectivity index (χ0n) is 9.61. The van der Waals surface area contributed by atoms with Crippen molar-refractivity contribution in [3.63, 3.8) is 0 Å². The predicted octanol–water partition coefficient (Wildman–Crippen LogP) is 0.975. The van der Waals surface area contributed by atoms with E-state index in [0.29, 0.717) is 13.2 Å². The summed E-state index contributed by atoms with van der Waals surface area (Å²) in [6.07, 6.45) is 1.81. The van der Waals surface area contributed by atoms with E-state index in [4.69, 9.17) is 10.5 Å². The molecule has 1 amide bonds. The van der Waals surface area contributed by atoms with Gasteiger partial charge in [-0.05, 0) is 18.9 Å². The van der Waals surface area contributed by atoms with E-state index in [9.17, 15) is 4.79 Å². The van der Waals surface area contributed by atoms with Gasteiger partial charge in [-0.25, -0.2) is 0 Å². The summed E-state index contributed by atoms with van der Waals surface area (Å²) in [7, 11) is 0. The largest absolute Gasteiger partial charge is 0.491 e. The summed E-state index contributed by atoms with van der Waals surface area (Å²) in [6, 6.07) is 7.79. The zero-order chi connectivity index (χ0) is 11.9. The predicted molar refractivity (Wildman–Crippen MR) is 63.5 cm³/mol. The molecular formula is C13H16N2O2. The molecule has 1 aromatic carbocycles. The first-order valence-corrected chi connectivity index (χ1v) is 5.98. The van der Waals surface area contributed by atoms with Crippen molar-refractivity contribution in [3.05, 3.63) is 29.8 Å². The number of amides is 1. The molecule has 1 atom stereocenters. The first kappa shape index (κ1) is 10.6. The number of rotatable bonds is 3. The Labute approximate surface area is 100 Å². The highest BCUT2D eigenvalue weighted by atomic mass is 16.5. The third-order valence-electron chi connectivity index (χ3n) is 3.73. The van der Waals surface area contributed by atoms with Gasteiger partial charge in [0.05, 0.1) is 11.5 Å². The highest BCUT2D eigenvalue weighted by Crippen LogP contribution is 2.45. The molecule has 17 heavy (non-hydrogen) atoms. The molecule has 1 unspecified atom stereocenters. The molecule has 1 aliphatic carbocycles. The number of hydrogen-bond donors (Lipinski definition) is 2. The molecule has 1 saturated carbocycles. The van der Waals surface area contributed by atoms with Gasteiger partial charge in [-0.15, -0.1) is 0 Å². The van der Waals surface area contributed by atoms with Gasteiger partial charge in [0.1, 0.15) is 12.4 Å². The Hall–Kier alpha value is -1.55. The van der Waals surface area contributed by atoms with E-state index < -0.39 is 0 Å². The van der Waals surface area contributed by atoms with Crippen LogP contribution in [-0.2, 0) is 4.79 Å². The molecule has 0 spiro atoms. The number of nitrogens with one attached hydrogen (secondary N) is 1. The van der Waals surface area contributed by atoms with Gasteiger partial charge >= 0.3 is 0 Å². The topological polar surface area (TPSA) is 64.4 Å². The Kier molecular flexibility index (Phi) is 2.33. The van der Waals surface area contributed by atoms with Crippen molar-refractivity contribution in [2.75, 3.05) is 13.2 Å². The highest BCUT2D eigenvalue weighted by Gasteiger charge is 2.49. The summed E-state index contributed by atoms with van der Waals surface area (Å²) >= 11 is 0. The van der Waals surface area contributed by atoms with Gasteiger partial charge in [0, 0.05) is 12.1 Å². The van der Waals surface area contributed by atoms with E-state index in [1.807, 2.05) is 24.3 Å². The van der Waals surface area contributed by atoms with Crippen LogP contribution in [0.25, 0.3) is 0 Å². The SMILES string of the molecule is NCC1(C(=O)NC2COc3ccccc32)CC1. The summed E-state index contributed by atoms with van der Waals surface area (Å²) in [6.45, 7) is 0.958. The molecular weight excluding hydrogens is 216 g/mol. The number of benzene rings is 1. The fraction of sp³-hybridized carbons (Fsp3) is 0.462. The van der Waals surface area contributed by atoms with Crippen LogP contribution in [0.2, 0.25) is 0 Å². The zero-order valence-corrected chi connectivity index (χ0v) is 9.61. The average Bonchev–Trinajstić information content (AvgIpc) is 3.07. The van der Waals surface area contributed by atoms with Gasteiger partial charge in [-0.2, -0.15) is 0 Å². The van der Waals surface area contributed by atoms with Crippen molar-refractivity contribution in [1.82, 2.24) is 5.32 Å². The van der Waals surface area contributed by atoms with Crippen molar-refractivity contribution in [1.29, 1.82) is 0 Å². The molecule has 2 aliphatic rings. The second kappa shape index (κ2) is 3.74. The second-order valence-electron chi connectivity index (χ2n) is 4.86. The van der Waals surface area contributed by atoms with Crippen LogP contribution in [0, 0.1) is 5.41 Å². The Bertz CT molecular complexity index is 454. The van der Waals surface area contributed by atoms with E-state index in [-0.39, 0.29) is 17.4 Å². The lowest BCUT2D eigenvalue weighted by Gasteiger charge is -2.17. The standard InChI is InChI=1S/C13H16N2O2/c14-8-13(5-6-13)12(16)15-10-7-17-11-4-2-1-3-9(10)11/h1-4,10H,5-8,14H2,(H,15,16). The second-order valence-corrected chi connectivity index (χ2v) is 4.86. The van der Waals surface area contributed by atoms with Crippen molar-refractivity contribution >= 4 is 5.91 Å². The van der Waals surface area contributed by atoms with Crippen molar-refractivity contribution in [2.24, 2.45) is 11.1 Å². The molecule has 1 aliphatic heterocycles. The van der Waals surface area contributed by atoms with E-state index in [1.54, 1.807) is 0 Å². The summed E-state index contributed by atoms with van der Waals surface area (Å²) in [5.41, 5.74) is 6.42.